The second kappa shape index (κ2) is 3.51. The number of hydrogen-bond donors (Lipinski definition) is 1. The van der Waals surface area contributed by atoms with Gasteiger partial charge in [0.2, 0.25) is 5.91 Å². The normalized spacial score (nSPS) is 14.5. The summed E-state index contributed by atoms with van der Waals surface area (Å²) in [6.45, 7) is 0. The number of para-hydroxylation sites is 1. The molecule has 1 aliphatic carbocycles. The molecular formula is C11H10N2O. The highest BCUT2D eigenvalue weighted by atomic mass is 16.2. The van der Waals surface area contributed by atoms with Crippen molar-refractivity contribution in [1.82, 2.24) is 0 Å². The van der Waals surface area contributed by atoms with Crippen LogP contribution in [0.25, 0.3) is 0 Å². The Morgan fingerprint density at radius 3 is 2.79 bits per heavy atom. The first kappa shape index (κ1) is 8.76. The molecule has 3 heteroatoms. The number of amides is 1. The molecule has 1 aromatic carbocycles. The van der Waals surface area contributed by atoms with Crippen LogP contribution in [0.4, 0.5) is 5.69 Å². The molecule has 3 nitrogen and oxygen atoms in total. The van der Waals surface area contributed by atoms with Crippen molar-refractivity contribution in [3.05, 3.63) is 29.8 Å². The fraction of sp³-hybridized carbons (Fsp3) is 0.273. The van der Waals surface area contributed by atoms with Crippen LogP contribution in [0.3, 0.4) is 0 Å². The Balaban J connectivity index is 2.15. The highest BCUT2D eigenvalue weighted by Gasteiger charge is 2.29. The molecule has 0 heterocycles. The third-order valence-corrected chi connectivity index (χ3v) is 2.25. The van der Waals surface area contributed by atoms with E-state index in [9.17, 15) is 4.79 Å². The van der Waals surface area contributed by atoms with E-state index >= 15 is 0 Å². The summed E-state index contributed by atoms with van der Waals surface area (Å²) in [7, 11) is 0. The molecule has 0 radical (unpaired) electrons. The van der Waals surface area contributed by atoms with Gasteiger partial charge in [-0.3, -0.25) is 4.79 Å². The van der Waals surface area contributed by atoms with Gasteiger partial charge >= 0.3 is 0 Å². The second-order valence-corrected chi connectivity index (χ2v) is 3.42. The molecule has 1 aliphatic rings. The minimum atomic E-state index is 0.0349. The molecule has 2 rings (SSSR count). The first-order valence-corrected chi connectivity index (χ1v) is 4.61. The first-order chi connectivity index (χ1) is 6.81. The van der Waals surface area contributed by atoms with Gasteiger partial charge in [-0.25, -0.2) is 0 Å². The van der Waals surface area contributed by atoms with Crippen LogP contribution >= 0.6 is 0 Å². The summed E-state index contributed by atoms with van der Waals surface area (Å²) in [5.41, 5.74) is 1.13. The lowest BCUT2D eigenvalue weighted by atomic mass is 10.2. The fourth-order valence-corrected chi connectivity index (χ4v) is 1.27. The number of nitrogens with one attached hydrogen (secondary N) is 1. The van der Waals surface area contributed by atoms with E-state index < -0.39 is 0 Å². The van der Waals surface area contributed by atoms with Crippen molar-refractivity contribution in [3.63, 3.8) is 0 Å². The summed E-state index contributed by atoms with van der Waals surface area (Å²) in [6, 6.07) is 9.08. The Morgan fingerprint density at radius 2 is 2.14 bits per heavy atom. The van der Waals surface area contributed by atoms with Crippen molar-refractivity contribution >= 4 is 11.6 Å². The molecule has 0 spiro atoms. The monoisotopic (exact) mass is 186 g/mol. The molecule has 1 saturated carbocycles. The zero-order valence-electron chi connectivity index (χ0n) is 7.66. The van der Waals surface area contributed by atoms with Crippen molar-refractivity contribution in [1.29, 1.82) is 5.26 Å². The lowest BCUT2D eigenvalue weighted by Crippen LogP contribution is -2.14. The van der Waals surface area contributed by atoms with Crippen LogP contribution < -0.4 is 5.32 Å². The molecule has 1 aromatic rings. The summed E-state index contributed by atoms with van der Waals surface area (Å²) in [5, 5.41) is 11.5. The molecular weight excluding hydrogens is 176 g/mol. The predicted molar refractivity (Wildman–Crippen MR) is 52.5 cm³/mol. The van der Waals surface area contributed by atoms with E-state index in [0.29, 0.717) is 11.3 Å². The van der Waals surface area contributed by atoms with Crippen LogP contribution in [0, 0.1) is 17.2 Å². The Labute approximate surface area is 82.4 Å². The first-order valence-electron chi connectivity index (χ1n) is 4.61. The standard InChI is InChI=1S/C11H10N2O/c12-7-9-3-1-2-4-10(9)13-11(14)8-5-6-8/h1-4,8H,5-6H2,(H,13,14). The van der Waals surface area contributed by atoms with Gasteiger partial charge in [-0.05, 0) is 25.0 Å². The van der Waals surface area contributed by atoms with Gasteiger partial charge in [-0.1, -0.05) is 12.1 Å². The number of nitriles is 1. The molecule has 0 saturated heterocycles. The van der Waals surface area contributed by atoms with Gasteiger partial charge in [-0.15, -0.1) is 0 Å². The van der Waals surface area contributed by atoms with Crippen LogP contribution in [0.5, 0.6) is 0 Å². The van der Waals surface area contributed by atoms with Gasteiger partial charge in [-0.2, -0.15) is 5.26 Å². The van der Waals surface area contributed by atoms with E-state index in [1.807, 2.05) is 12.1 Å². The number of carbonyl (C=O) groups excluding carboxylic acids is 1. The molecule has 14 heavy (non-hydrogen) atoms. The van der Waals surface area contributed by atoms with Crippen LogP contribution in [0.2, 0.25) is 0 Å². The summed E-state index contributed by atoms with van der Waals surface area (Å²) < 4.78 is 0. The largest absolute Gasteiger partial charge is 0.325 e. The average molecular weight is 186 g/mol. The van der Waals surface area contributed by atoms with E-state index in [4.69, 9.17) is 5.26 Å². The van der Waals surface area contributed by atoms with Gasteiger partial charge in [0, 0.05) is 5.92 Å². The Hall–Kier alpha value is -1.82. The van der Waals surface area contributed by atoms with E-state index in [-0.39, 0.29) is 11.8 Å². The molecule has 0 unspecified atom stereocenters. The third kappa shape index (κ3) is 1.74. The lowest BCUT2D eigenvalue weighted by molar-refractivity contribution is -0.117. The number of rotatable bonds is 2. The van der Waals surface area contributed by atoms with E-state index in [2.05, 4.69) is 5.32 Å². The quantitative estimate of drug-likeness (QED) is 0.767. The lowest BCUT2D eigenvalue weighted by Gasteiger charge is -2.04. The van der Waals surface area contributed by atoms with Crippen LogP contribution in [-0.4, -0.2) is 5.91 Å². The van der Waals surface area contributed by atoms with Crippen LogP contribution in [0.1, 0.15) is 18.4 Å². The average Bonchev–Trinajstić information content (AvgIpc) is 3.02. The van der Waals surface area contributed by atoms with Gasteiger partial charge < -0.3 is 5.32 Å². The molecule has 70 valence electrons. The van der Waals surface area contributed by atoms with Gasteiger partial charge in [0.05, 0.1) is 11.3 Å². The van der Waals surface area contributed by atoms with Crippen molar-refractivity contribution in [3.8, 4) is 6.07 Å². The number of carbonyl (C=O) groups is 1. The fourth-order valence-electron chi connectivity index (χ4n) is 1.27. The van der Waals surface area contributed by atoms with Gasteiger partial charge in [0.25, 0.3) is 0 Å². The van der Waals surface area contributed by atoms with Crippen molar-refractivity contribution in [2.24, 2.45) is 5.92 Å². The van der Waals surface area contributed by atoms with Crippen LogP contribution in [-0.2, 0) is 4.79 Å². The molecule has 0 aliphatic heterocycles. The topological polar surface area (TPSA) is 52.9 Å². The summed E-state index contributed by atoms with van der Waals surface area (Å²) in [6.07, 6.45) is 1.95. The summed E-state index contributed by atoms with van der Waals surface area (Å²) >= 11 is 0. The van der Waals surface area contributed by atoms with E-state index in [0.717, 1.165) is 12.8 Å². The summed E-state index contributed by atoms with van der Waals surface area (Å²) in [4.78, 5) is 11.4. The Bertz CT molecular complexity index is 402. The van der Waals surface area contributed by atoms with E-state index in [1.165, 1.54) is 0 Å². The van der Waals surface area contributed by atoms with Gasteiger partial charge in [0.1, 0.15) is 6.07 Å². The van der Waals surface area contributed by atoms with Crippen molar-refractivity contribution in [2.45, 2.75) is 12.8 Å². The Morgan fingerprint density at radius 1 is 1.43 bits per heavy atom. The maximum absolute atomic E-state index is 11.4. The highest BCUT2D eigenvalue weighted by Crippen LogP contribution is 2.30. The molecule has 1 N–H and O–H groups in total. The zero-order valence-corrected chi connectivity index (χ0v) is 7.66. The summed E-state index contributed by atoms with van der Waals surface area (Å²) in [5.74, 6) is 0.203. The highest BCUT2D eigenvalue weighted by molar-refractivity contribution is 5.95. The number of hydrogen-bond acceptors (Lipinski definition) is 2. The molecule has 0 atom stereocenters. The molecule has 0 aromatic heterocycles. The van der Waals surface area contributed by atoms with Crippen molar-refractivity contribution in [2.75, 3.05) is 5.32 Å². The van der Waals surface area contributed by atoms with Gasteiger partial charge in [0.15, 0.2) is 0 Å². The molecule has 1 amide bonds. The van der Waals surface area contributed by atoms with Crippen LogP contribution in [0.15, 0.2) is 24.3 Å². The minimum absolute atomic E-state index is 0.0349. The number of benzene rings is 1. The minimum Gasteiger partial charge on any atom is -0.325 e. The maximum atomic E-state index is 11.4. The second-order valence-electron chi connectivity index (χ2n) is 3.42. The smallest absolute Gasteiger partial charge is 0.227 e. The SMILES string of the molecule is N#Cc1ccccc1NC(=O)C1CC1. The Kier molecular flexibility index (Phi) is 2.19. The number of nitrogens with zero attached hydrogens (tertiary/aromatic N) is 1. The maximum Gasteiger partial charge on any atom is 0.227 e. The molecule has 1 fully saturated rings. The zero-order chi connectivity index (χ0) is 9.97. The number of anilines is 1. The van der Waals surface area contributed by atoms with Crippen molar-refractivity contribution < 1.29 is 4.79 Å². The third-order valence-electron chi connectivity index (χ3n) is 2.25. The molecule has 0 bridgehead atoms. The predicted octanol–water partition coefficient (Wildman–Crippen LogP) is 1.91. The van der Waals surface area contributed by atoms with E-state index in [1.54, 1.807) is 18.2 Å².